The average Bonchev–Trinajstić information content (AvgIpc) is 2.80. The molecule has 1 aliphatic heterocycles. The van der Waals surface area contributed by atoms with Crippen molar-refractivity contribution >= 4 is 34.8 Å². The second-order valence-corrected chi connectivity index (χ2v) is 5.27. The minimum absolute atomic E-state index is 0.168. The molecule has 1 N–H and O–H groups in total. The number of rotatable bonds is 4. The van der Waals surface area contributed by atoms with E-state index in [2.05, 4.69) is 15.5 Å². The molecule has 106 valence electrons. The number of nitrogens with one attached hydrogen (secondary N) is 1. The number of hydrogen-bond donors (Lipinski definition) is 1. The van der Waals surface area contributed by atoms with E-state index < -0.39 is 0 Å². The number of likely N-dealkylation sites (N-methyl/N-ethyl adjacent to an activating group) is 1. The molecule has 20 heavy (non-hydrogen) atoms. The Hall–Kier alpha value is -1.53. The monoisotopic (exact) mass is 310 g/mol. The molecule has 2 atom stereocenters. The minimum Gasteiger partial charge on any atom is -0.345 e. The number of hydrogen-bond acceptors (Lipinski definition) is 3. The van der Waals surface area contributed by atoms with E-state index in [-0.39, 0.29) is 18.1 Å². The molecule has 0 saturated heterocycles. The number of carbonyl (C=O) groups excluding carboxylic acids is 1. The lowest BCUT2D eigenvalue weighted by Crippen LogP contribution is -2.48. The van der Waals surface area contributed by atoms with E-state index in [1.165, 1.54) is 0 Å². The first-order valence-corrected chi connectivity index (χ1v) is 7.09. The summed E-state index contributed by atoms with van der Waals surface area (Å²) in [5.41, 5.74) is 0.557. The first-order chi connectivity index (χ1) is 9.52. The molecule has 5 nitrogen and oxygen atoms in total. The molecule has 0 aliphatic carbocycles. The molecular weight excluding hydrogens is 296 g/mol. The van der Waals surface area contributed by atoms with Crippen LogP contribution >= 0.6 is 23.8 Å². The Morgan fingerprint density at radius 3 is 2.75 bits per heavy atom. The van der Waals surface area contributed by atoms with E-state index >= 15 is 0 Å². The van der Waals surface area contributed by atoms with Gasteiger partial charge < -0.3 is 10.2 Å². The number of halogens is 1. The van der Waals surface area contributed by atoms with Crippen molar-refractivity contribution in [2.45, 2.75) is 26.1 Å². The zero-order chi connectivity index (χ0) is 14.7. The molecule has 1 aromatic carbocycles. The van der Waals surface area contributed by atoms with Gasteiger partial charge >= 0.3 is 0 Å². The van der Waals surface area contributed by atoms with Crippen molar-refractivity contribution in [3.8, 4) is 0 Å². The third-order valence-electron chi connectivity index (χ3n) is 3.08. The Morgan fingerprint density at radius 1 is 1.50 bits per heavy atom. The summed E-state index contributed by atoms with van der Waals surface area (Å²) in [6, 6.07) is 6.54. The molecule has 7 heteroatoms. The summed E-state index contributed by atoms with van der Waals surface area (Å²) in [5.74, 6) is -0.168. The van der Waals surface area contributed by atoms with E-state index in [1.54, 1.807) is 24.3 Å². The number of amides is 1. The molecule has 0 aromatic heterocycles. The maximum atomic E-state index is 12.1. The number of nitrogens with zero attached hydrogens (tertiary/aromatic N) is 3. The van der Waals surface area contributed by atoms with Gasteiger partial charge in [0.25, 0.3) is 5.91 Å². The van der Waals surface area contributed by atoms with Gasteiger partial charge in [-0.3, -0.25) is 4.79 Å². The molecule has 0 bridgehead atoms. The van der Waals surface area contributed by atoms with Crippen LogP contribution in [0.25, 0.3) is 0 Å². The van der Waals surface area contributed by atoms with Crippen LogP contribution in [-0.4, -0.2) is 34.7 Å². The highest BCUT2D eigenvalue weighted by Crippen LogP contribution is 2.17. The second kappa shape index (κ2) is 6.28. The summed E-state index contributed by atoms with van der Waals surface area (Å²) in [5, 5.41) is 12.0. The normalized spacial score (nSPS) is 19.2. The second-order valence-electron chi connectivity index (χ2n) is 4.47. The fourth-order valence-electron chi connectivity index (χ4n) is 2.00. The Kier molecular flexibility index (Phi) is 4.67. The van der Waals surface area contributed by atoms with Crippen LogP contribution in [0.2, 0.25) is 5.02 Å². The maximum absolute atomic E-state index is 12.1. The van der Waals surface area contributed by atoms with Crippen molar-refractivity contribution in [1.82, 2.24) is 10.2 Å². The summed E-state index contributed by atoms with van der Waals surface area (Å²) in [6.07, 6.45) is -0.247. The topological polar surface area (TPSA) is 57.1 Å². The lowest BCUT2D eigenvalue weighted by Gasteiger charge is -2.26. The number of thiocarbonyl (C=S) groups is 1. The molecule has 2 unspecified atom stereocenters. The van der Waals surface area contributed by atoms with Crippen LogP contribution in [-0.2, 0) is 0 Å². The summed E-state index contributed by atoms with van der Waals surface area (Å²) < 4.78 is 0. The summed E-state index contributed by atoms with van der Waals surface area (Å²) in [6.45, 7) is 4.56. The van der Waals surface area contributed by atoms with Crippen LogP contribution in [0.5, 0.6) is 0 Å². The van der Waals surface area contributed by atoms with Crippen LogP contribution in [0.1, 0.15) is 24.2 Å². The van der Waals surface area contributed by atoms with Gasteiger partial charge in [0, 0.05) is 17.1 Å². The van der Waals surface area contributed by atoms with E-state index in [9.17, 15) is 4.79 Å². The lowest BCUT2D eigenvalue weighted by molar-refractivity contribution is 0.0923. The standard InChI is InChI=1S/C13H15ClN4OS/c1-3-18-11(16-17-13(18)20)8(2)15-12(19)9-4-6-10(14)7-5-9/h4-8,11H,3H2,1-2H3,(H,15,19). The van der Waals surface area contributed by atoms with E-state index in [4.69, 9.17) is 23.8 Å². The zero-order valence-corrected chi connectivity index (χ0v) is 12.8. The first kappa shape index (κ1) is 14.9. The highest BCUT2D eigenvalue weighted by Gasteiger charge is 2.30. The summed E-state index contributed by atoms with van der Waals surface area (Å²) in [4.78, 5) is 14.0. The van der Waals surface area contributed by atoms with Crippen molar-refractivity contribution in [3.05, 3.63) is 34.9 Å². The predicted molar refractivity (Wildman–Crippen MR) is 82.0 cm³/mol. The molecule has 1 amide bonds. The highest BCUT2D eigenvalue weighted by atomic mass is 35.5. The molecule has 0 spiro atoms. The Bertz CT molecular complexity index is 546. The van der Waals surface area contributed by atoms with Crippen molar-refractivity contribution in [1.29, 1.82) is 0 Å². The highest BCUT2D eigenvalue weighted by molar-refractivity contribution is 7.80. The van der Waals surface area contributed by atoms with Gasteiger partial charge in [0.1, 0.15) is 0 Å². The molecule has 1 aliphatic rings. The van der Waals surface area contributed by atoms with Gasteiger partial charge in [0.15, 0.2) is 6.17 Å². The average molecular weight is 311 g/mol. The van der Waals surface area contributed by atoms with Gasteiger partial charge in [-0.25, -0.2) is 0 Å². The third kappa shape index (κ3) is 3.13. The van der Waals surface area contributed by atoms with E-state index in [1.807, 2.05) is 18.7 Å². The van der Waals surface area contributed by atoms with Crippen LogP contribution in [0.4, 0.5) is 0 Å². The van der Waals surface area contributed by atoms with Gasteiger partial charge in [-0.05, 0) is 50.3 Å². The summed E-state index contributed by atoms with van der Waals surface area (Å²) in [7, 11) is 0. The van der Waals surface area contributed by atoms with Crippen LogP contribution in [0, 0.1) is 0 Å². The molecule has 1 aromatic rings. The zero-order valence-electron chi connectivity index (χ0n) is 11.2. The molecule has 0 saturated carbocycles. The van der Waals surface area contributed by atoms with Crippen LogP contribution < -0.4 is 5.32 Å². The van der Waals surface area contributed by atoms with Gasteiger partial charge in [-0.2, -0.15) is 5.11 Å². The van der Waals surface area contributed by atoms with Crippen molar-refractivity contribution in [3.63, 3.8) is 0 Å². The Morgan fingerprint density at radius 2 is 2.15 bits per heavy atom. The molecule has 0 fully saturated rings. The van der Waals surface area contributed by atoms with Crippen molar-refractivity contribution in [2.75, 3.05) is 6.54 Å². The molecular formula is C13H15ClN4OS. The van der Waals surface area contributed by atoms with Gasteiger partial charge in [0.2, 0.25) is 5.11 Å². The van der Waals surface area contributed by atoms with Crippen molar-refractivity contribution < 1.29 is 4.79 Å². The number of azo groups is 1. The minimum atomic E-state index is -0.247. The number of benzene rings is 1. The van der Waals surface area contributed by atoms with Gasteiger partial charge in [-0.15, -0.1) is 5.11 Å². The Labute approximate surface area is 128 Å². The van der Waals surface area contributed by atoms with Crippen LogP contribution in [0.3, 0.4) is 0 Å². The van der Waals surface area contributed by atoms with Crippen molar-refractivity contribution in [2.24, 2.45) is 10.2 Å². The Balaban J connectivity index is 2.02. The smallest absolute Gasteiger partial charge is 0.251 e. The quantitative estimate of drug-likeness (QED) is 0.870. The van der Waals surface area contributed by atoms with Crippen LogP contribution in [0.15, 0.2) is 34.5 Å². The number of carbonyl (C=O) groups is 1. The molecule has 2 rings (SSSR count). The largest absolute Gasteiger partial charge is 0.345 e. The predicted octanol–water partition coefficient (Wildman–Crippen LogP) is 2.86. The summed E-state index contributed by atoms with van der Waals surface area (Å²) >= 11 is 10.9. The third-order valence-corrected chi connectivity index (χ3v) is 3.65. The fraction of sp³-hybridized carbons (Fsp3) is 0.385. The maximum Gasteiger partial charge on any atom is 0.251 e. The molecule has 0 radical (unpaired) electrons. The first-order valence-electron chi connectivity index (χ1n) is 6.30. The van der Waals surface area contributed by atoms with E-state index in [0.29, 0.717) is 22.2 Å². The lowest BCUT2D eigenvalue weighted by atomic mass is 10.2. The van der Waals surface area contributed by atoms with Gasteiger partial charge in [-0.1, -0.05) is 11.6 Å². The van der Waals surface area contributed by atoms with Gasteiger partial charge in [0.05, 0.1) is 6.04 Å². The van der Waals surface area contributed by atoms with E-state index in [0.717, 1.165) is 0 Å². The fourth-order valence-corrected chi connectivity index (χ4v) is 2.41. The molecule has 1 heterocycles. The SMILES string of the molecule is CCN1C(=S)N=NC1C(C)NC(=O)c1ccc(Cl)cc1.